The van der Waals surface area contributed by atoms with Crippen LogP contribution in [-0.4, -0.2) is 86.1 Å². The molecule has 33 heavy (non-hydrogen) atoms. The zero-order valence-electron chi connectivity index (χ0n) is 21.6. The van der Waals surface area contributed by atoms with Crippen LogP contribution in [0.3, 0.4) is 0 Å². The van der Waals surface area contributed by atoms with Gasteiger partial charge in [0.15, 0.2) is 8.32 Å². The predicted molar refractivity (Wildman–Crippen MR) is 132 cm³/mol. The van der Waals surface area contributed by atoms with Gasteiger partial charge >= 0.3 is 20.9 Å². The van der Waals surface area contributed by atoms with E-state index in [9.17, 15) is 14.2 Å². The van der Waals surface area contributed by atoms with Crippen molar-refractivity contribution in [2.45, 2.75) is 66.7 Å². The highest BCUT2D eigenvalue weighted by Gasteiger charge is 2.44. The third-order valence-corrected chi connectivity index (χ3v) is 12.8. The fraction of sp³-hybridized carbons (Fsp3) is 0.900. The average molecular weight is 530 g/mol. The minimum atomic E-state index is -3.39. The smallest absolute Gasteiger partial charge is 0.466 e. The van der Waals surface area contributed by atoms with Crippen LogP contribution in [0.25, 0.3) is 0 Å². The predicted octanol–water partition coefficient (Wildman–Crippen LogP) is 4.53. The van der Waals surface area contributed by atoms with Crippen LogP contribution in [0.5, 0.6) is 0 Å². The molecule has 0 saturated heterocycles. The van der Waals surface area contributed by atoms with Crippen molar-refractivity contribution in [2.24, 2.45) is 0 Å². The number of ether oxygens (including phenoxy) is 2. The summed E-state index contributed by atoms with van der Waals surface area (Å²) in [5, 5.41) is 0. The molecule has 196 valence electrons. The van der Waals surface area contributed by atoms with E-state index in [0.717, 1.165) is 0 Å². The molecule has 13 heteroatoms. The second-order valence-corrected chi connectivity index (χ2v) is 18.2. The van der Waals surface area contributed by atoms with Gasteiger partial charge in [-0.1, -0.05) is 0 Å². The molecular formula is C20H44NO9PSi2. The van der Waals surface area contributed by atoms with Gasteiger partial charge in [0, 0.05) is 38.6 Å². The van der Waals surface area contributed by atoms with Gasteiger partial charge in [-0.15, -0.1) is 0 Å². The van der Waals surface area contributed by atoms with Gasteiger partial charge in [-0.2, -0.15) is 0 Å². The first kappa shape index (κ1) is 32.2. The number of hydrogen-bond acceptors (Lipinski definition) is 9. The summed E-state index contributed by atoms with van der Waals surface area (Å²) in [7, 11) is -8.72. The fourth-order valence-corrected chi connectivity index (χ4v) is 13.1. The topological polar surface area (TPSA) is 110 Å². The number of carbonyl (C=O) groups is 2. The van der Waals surface area contributed by atoms with Crippen molar-refractivity contribution in [3.8, 4) is 0 Å². The van der Waals surface area contributed by atoms with Crippen LogP contribution in [0.2, 0.25) is 25.7 Å². The fourth-order valence-electron chi connectivity index (χ4n) is 3.11. The normalized spacial score (nSPS) is 13.9. The first-order valence-corrected chi connectivity index (χ1v) is 19.0. The van der Waals surface area contributed by atoms with E-state index >= 15 is 0 Å². The molecule has 0 radical (unpaired) electrons. The molecule has 0 aromatic carbocycles. The molecule has 0 aliphatic rings. The molecule has 0 rings (SSSR count). The Morgan fingerprint density at radius 1 is 0.818 bits per heavy atom. The minimum absolute atomic E-state index is 0.0155. The summed E-state index contributed by atoms with van der Waals surface area (Å²) >= 11 is 0. The lowest BCUT2D eigenvalue weighted by Crippen LogP contribution is -2.47. The summed E-state index contributed by atoms with van der Waals surface area (Å²) in [6, 6.07) is 0.290. The molecule has 0 spiro atoms. The Kier molecular flexibility index (Phi) is 15.6. The van der Waals surface area contributed by atoms with Gasteiger partial charge in [-0.05, 0) is 54.3 Å². The molecule has 0 fully saturated rings. The summed E-state index contributed by atoms with van der Waals surface area (Å²) in [6.07, 6.45) is -0.734. The maximum atomic E-state index is 14.1. The Hall–Kier alpha value is -0.756. The number of amides is 1. The number of carbonyl (C=O) groups excluding carboxylic acids is 2. The van der Waals surface area contributed by atoms with Gasteiger partial charge in [0.1, 0.15) is 0 Å². The van der Waals surface area contributed by atoms with E-state index < -0.39 is 36.6 Å². The van der Waals surface area contributed by atoms with Crippen LogP contribution < -0.4 is 0 Å². The zero-order valence-corrected chi connectivity index (χ0v) is 24.5. The van der Waals surface area contributed by atoms with E-state index in [1.54, 1.807) is 13.8 Å². The van der Waals surface area contributed by atoms with Crippen molar-refractivity contribution in [1.82, 2.24) is 4.90 Å². The zero-order chi connectivity index (χ0) is 25.5. The Morgan fingerprint density at radius 3 is 1.76 bits per heavy atom. The van der Waals surface area contributed by atoms with Crippen molar-refractivity contribution in [2.75, 3.05) is 52.0 Å². The van der Waals surface area contributed by atoms with Gasteiger partial charge in [-0.3, -0.25) is 14.3 Å². The molecule has 0 saturated carbocycles. The first-order chi connectivity index (χ1) is 15.4. The summed E-state index contributed by atoms with van der Waals surface area (Å²) in [4.78, 5) is 25.7. The van der Waals surface area contributed by atoms with E-state index in [1.165, 1.54) is 4.90 Å². The SMILES string of the molecule is CCOC(=O)CCN(C[P@](=O)(CC[Si](OCC)(OCC)OCC)O[Si](C)(C)C)C(=O)OCC. The lowest BCUT2D eigenvalue weighted by atomic mass is 10.4. The standard InChI is InChI=1S/C20H44NO9PSi2/c1-9-25-19(22)14-15-21(20(23)26-10-2)18-31(24,30-32(6,7)8)16-17-33(27-11-3,28-12-4)29-13-5/h9-18H2,1-8H3/t31-/m0/s1. The summed E-state index contributed by atoms with van der Waals surface area (Å²) < 4.78 is 48.0. The monoisotopic (exact) mass is 529 g/mol. The molecule has 0 aliphatic heterocycles. The first-order valence-electron chi connectivity index (χ1n) is 11.7. The quantitative estimate of drug-likeness (QED) is 0.144. The van der Waals surface area contributed by atoms with Crippen LogP contribution >= 0.6 is 7.37 Å². The van der Waals surface area contributed by atoms with Crippen molar-refractivity contribution >= 4 is 36.6 Å². The second kappa shape index (κ2) is 16.0. The van der Waals surface area contributed by atoms with E-state index in [-0.39, 0.29) is 38.6 Å². The molecule has 0 N–H and O–H groups in total. The Bertz CT molecular complexity index is 614. The third-order valence-electron chi connectivity index (χ3n) is 4.10. The largest absolute Gasteiger partial charge is 0.501 e. The molecule has 1 amide bonds. The third kappa shape index (κ3) is 13.6. The molecule has 10 nitrogen and oxygen atoms in total. The molecule has 0 bridgehead atoms. The highest BCUT2D eigenvalue weighted by atomic mass is 31.2. The molecule has 0 aromatic rings. The molecule has 0 aliphatic carbocycles. The van der Waals surface area contributed by atoms with Gasteiger partial charge in [0.25, 0.3) is 0 Å². The highest BCUT2D eigenvalue weighted by molar-refractivity contribution is 7.60. The van der Waals surface area contributed by atoms with Crippen molar-refractivity contribution in [1.29, 1.82) is 0 Å². The maximum Gasteiger partial charge on any atom is 0.501 e. The number of rotatable bonds is 18. The number of nitrogens with zero attached hydrogens (tertiary/aromatic N) is 1. The molecule has 0 heterocycles. The van der Waals surface area contributed by atoms with E-state index in [0.29, 0.717) is 25.9 Å². The summed E-state index contributed by atoms with van der Waals surface area (Å²) in [5.74, 6) is -0.441. The van der Waals surface area contributed by atoms with Crippen LogP contribution in [-0.2, 0) is 36.3 Å². The average Bonchev–Trinajstić information content (AvgIpc) is 2.69. The highest BCUT2D eigenvalue weighted by Crippen LogP contribution is 2.51. The molecule has 0 unspecified atom stereocenters. The van der Waals surface area contributed by atoms with Gasteiger partial charge in [0.2, 0.25) is 7.37 Å². The number of hydrogen-bond donors (Lipinski definition) is 0. The van der Waals surface area contributed by atoms with Crippen LogP contribution in [0.4, 0.5) is 4.79 Å². The van der Waals surface area contributed by atoms with Crippen molar-refractivity contribution < 1.29 is 41.1 Å². The Balaban J connectivity index is 5.80. The molecule has 0 aromatic heterocycles. The maximum absolute atomic E-state index is 14.1. The van der Waals surface area contributed by atoms with Crippen molar-refractivity contribution in [3.05, 3.63) is 0 Å². The van der Waals surface area contributed by atoms with E-state index in [4.69, 9.17) is 27.0 Å². The lowest BCUT2D eigenvalue weighted by Gasteiger charge is -2.34. The van der Waals surface area contributed by atoms with Gasteiger partial charge in [-0.25, -0.2) is 4.79 Å². The minimum Gasteiger partial charge on any atom is -0.466 e. The van der Waals surface area contributed by atoms with E-state index in [2.05, 4.69) is 0 Å². The molecular weight excluding hydrogens is 485 g/mol. The van der Waals surface area contributed by atoms with Gasteiger partial charge in [0.05, 0.1) is 25.9 Å². The molecule has 1 atom stereocenters. The van der Waals surface area contributed by atoms with Gasteiger partial charge < -0.3 is 27.0 Å². The van der Waals surface area contributed by atoms with Crippen molar-refractivity contribution in [3.63, 3.8) is 0 Å². The Morgan fingerprint density at radius 2 is 1.33 bits per heavy atom. The summed E-state index contributed by atoms with van der Waals surface area (Å²) in [5.41, 5.74) is 0. The van der Waals surface area contributed by atoms with Crippen LogP contribution in [0.15, 0.2) is 0 Å². The lowest BCUT2D eigenvalue weighted by molar-refractivity contribution is -0.143. The number of esters is 1. The van der Waals surface area contributed by atoms with Crippen LogP contribution in [0.1, 0.15) is 41.0 Å². The van der Waals surface area contributed by atoms with E-state index in [1.807, 2.05) is 40.4 Å². The summed E-state index contributed by atoms with van der Waals surface area (Å²) in [6.45, 7) is 16.4. The Labute approximate surface area is 201 Å². The van der Waals surface area contributed by atoms with Crippen LogP contribution in [0, 0.1) is 0 Å². The second-order valence-electron chi connectivity index (χ2n) is 8.13.